The highest BCUT2D eigenvalue weighted by atomic mass is 32.2. The number of fused-ring (bicyclic) bond motifs is 1. The van der Waals surface area contributed by atoms with E-state index in [1.165, 1.54) is 17.6 Å². The Labute approximate surface area is 221 Å². The number of rotatable bonds is 9. The fraction of sp³-hybridized carbons (Fsp3) is 0.308. The van der Waals surface area contributed by atoms with E-state index in [1.807, 2.05) is 42.6 Å². The Bertz CT molecular complexity index is 1530. The molecule has 5 rings (SSSR count). The van der Waals surface area contributed by atoms with Crippen LogP contribution in [0, 0.1) is 0 Å². The average Bonchev–Trinajstić information content (AvgIpc) is 3.40. The maximum absolute atomic E-state index is 12.1. The summed E-state index contributed by atoms with van der Waals surface area (Å²) in [6, 6.07) is 15.2. The van der Waals surface area contributed by atoms with Crippen molar-refractivity contribution in [1.82, 2.24) is 15.0 Å². The first kappa shape index (κ1) is 25.6. The van der Waals surface area contributed by atoms with Crippen LogP contribution in [0.2, 0.25) is 0 Å². The lowest BCUT2D eigenvalue weighted by Crippen LogP contribution is -2.36. The van der Waals surface area contributed by atoms with Gasteiger partial charge in [0, 0.05) is 43.5 Å². The number of hydrogen-bond acceptors (Lipinski definition) is 9. The molecule has 0 aliphatic carbocycles. The van der Waals surface area contributed by atoms with Gasteiger partial charge in [-0.25, -0.2) is 13.4 Å². The molecule has 1 aliphatic heterocycles. The first-order valence-corrected chi connectivity index (χ1v) is 14.1. The third-order valence-electron chi connectivity index (χ3n) is 6.49. The molecule has 0 atom stereocenters. The summed E-state index contributed by atoms with van der Waals surface area (Å²) in [6.07, 6.45) is 2.99. The quantitative estimate of drug-likeness (QED) is 0.294. The maximum atomic E-state index is 12.1. The minimum absolute atomic E-state index is 0.354. The van der Waals surface area contributed by atoms with E-state index in [9.17, 15) is 8.42 Å². The molecule has 0 spiro atoms. The zero-order valence-corrected chi connectivity index (χ0v) is 22.4. The van der Waals surface area contributed by atoms with Gasteiger partial charge in [-0.05, 0) is 30.3 Å². The largest absolute Gasteiger partial charge is 0.494 e. The monoisotopic (exact) mass is 537 g/mol. The second-order valence-corrected chi connectivity index (χ2v) is 11.0. The van der Waals surface area contributed by atoms with Crippen molar-refractivity contribution in [1.29, 1.82) is 0 Å². The number of ether oxygens (including phenoxy) is 2. The number of para-hydroxylation sites is 2. The SMILES string of the molecule is COc1cc(N2CCOCC2)ccc1Nc1nc(CNc2ccccc2N(C)S(C)(=O)=O)c2cc[nH]c2n1. The van der Waals surface area contributed by atoms with Gasteiger partial charge in [0.1, 0.15) is 11.4 Å². The number of nitrogens with zero attached hydrogens (tertiary/aromatic N) is 4. The first-order chi connectivity index (χ1) is 18.3. The van der Waals surface area contributed by atoms with Crippen LogP contribution in [0.5, 0.6) is 5.75 Å². The molecule has 4 aromatic rings. The Morgan fingerprint density at radius 2 is 1.89 bits per heavy atom. The van der Waals surface area contributed by atoms with E-state index in [0.717, 1.165) is 35.5 Å². The molecule has 12 heteroatoms. The summed E-state index contributed by atoms with van der Waals surface area (Å²) in [7, 11) is -0.244. The highest BCUT2D eigenvalue weighted by Gasteiger charge is 2.17. The fourth-order valence-electron chi connectivity index (χ4n) is 4.37. The van der Waals surface area contributed by atoms with E-state index in [-0.39, 0.29) is 0 Å². The third-order valence-corrected chi connectivity index (χ3v) is 7.68. The van der Waals surface area contributed by atoms with Gasteiger partial charge in [-0.2, -0.15) is 4.98 Å². The second-order valence-electron chi connectivity index (χ2n) is 8.94. The van der Waals surface area contributed by atoms with E-state index < -0.39 is 10.0 Å². The molecular formula is C26H31N7O4S. The lowest BCUT2D eigenvalue weighted by atomic mass is 10.2. The van der Waals surface area contributed by atoms with Gasteiger partial charge in [0.2, 0.25) is 16.0 Å². The van der Waals surface area contributed by atoms with Crippen LogP contribution in [0.15, 0.2) is 54.7 Å². The smallest absolute Gasteiger partial charge is 0.232 e. The number of H-pyrrole nitrogens is 1. The Hall–Kier alpha value is -4.03. The van der Waals surface area contributed by atoms with E-state index >= 15 is 0 Å². The molecule has 200 valence electrons. The predicted octanol–water partition coefficient (Wildman–Crippen LogP) is 3.55. The van der Waals surface area contributed by atoms with Gasteiger partial charge < -0.3 is 30.0 Å². The van der Waals surface area contributed by atoms with E-state index in [1.54, 1.807) is 19.2 Å². The zero-order chi connectivity index (χ0) is 26.7. The molecule has 3 heterocycles. The Kier molecular flexibility index (Phi) is 7.25. The molecule has 0 saturated carbocycles. The summed E-state index contributed by atoms with van der Waals surface area (Å²) in [4.78, 5) is 14.8. The van der Waals surface area contributed by atoms with Crippen LogP contribution < -0.4 is 24.6 Å². The number of benzene rings is 2. The molecule has 38 heavy (non-hydrogen) atoms. The number of aromatic amines is 1. The highest BCUT2D eigenvalue weighted by Crippen LogP contribution is 2.33. The minimum atomic E-state index is -3.41. The van der Waals surface area contributed by atoms with Gasteiger partial charge >= 0.3 is 0 Å². The molecule has 2 aromatic carbocycles. The van der Waals surface area contributed by atoms with E-state index in [0.29, 0.717) is 48.5 Å². The van der Waals surface area contributed by atoms with Crippen molar-refractivity contribution in [2.45, 2.75) is 6.54 Å². The van der Waals surface area contributed by atoms with Gasteiger partial charge in [0.25, 0.3) is 0 Å². The number of hydrogen-bond donors (Lipinski definition) is 3. The number of morpholine rings is 1. The maximum Gasteiger partial charge on any atom is 0.232 e. The van der Waals surface area contributed by atoms with Gasteiger partial charge in [0.15, 0.2) is 0 Å². The van der Waals surface area contributed by atoms with Crippen LogP contribution in [0.1, 0.15) is 5.69 Å². The van der Waals surface area contributed by atoms with E-state index in [2.05, 4.69) is 25.5 Å². The Morgan fingerprint density at radius 1 is 1.11 bits per heavy atom. The summed E-state index contributed by atoms with van der Waals surface area (Å²) in [5.74, 6) is 1.09. The normalized spacial score (nSPS) is 13.9. The molecule has 0 bridgehead atoms. The zero-order valence-electron chi connectivity index (χ0n) is 21.6. The van der Waals surface area contributed by atoms with Crippen LogP contribution in [-0.2, 0) is 21.3 Å². The molecule has 1 saturated heterocycles. The van der Waals surface area contributed by atoms with Crippen molar-refractivity contribution in [2.24, 2.45) is 0 Å². The highest BCUT2D eigenvalue weighted by molar-refractivity contribution is 7.92. The number of aromatic nitrogens is 3. The van der Waals surface area contributed by atoms with Gasteiger partial charge in [-0.3, -0.25) is 4.31 Å². The standard InChI is InChI=1S/C26H31N7O4S/c1-32(38(3,34)35)23-7-5-4-6-20(23)28-17-22-19-10-11-27-25(19)31-26(30-22)29-21-9-8-18(16-24(21)36-2)33-12-14-37-15-13-33/h4-11,16,28H,12-15,17H2,1-3H3,(H2,27,29,30,31). The van der Waals surface area contributed by atoms with Crippen molar-refractivity contribution >= 4 is 49.8 Å². The molecule has 1 aliphatic rings. The molecule has 11 nitrogen and oxygen atoms in total. The summed E-state index contributed by atoms with van der Waals surface area (Å²) in [5, 5.41) is 7.51. The Balaban J connectivity index is 1.40. The lowest BCUT2D eigenvalue weighted by Gasteiger charge is -2.29. The number of methoxy groups -OCH3 is 1. The number of nitrogens with one attached hydrogen (secondary N) is 3. The van der Waals surface area contributed by atoms with Crippen molar-refractivity contribution in [3.05, 3.63) is 60.4 Å². The van der Waals surface area contributed by atoms with Crippen LogP contribution in [0.3, 0.4) is 0 Å². The van der Waals surface area contributed by atoms with Crippen molar-refractivity contribution < 1.29 is 17.9 Å². The van der Waals surface area contributed by atoms with Gasteiger partial charge in [-0.1, -0.05) is 12.1 Å². The van der Waals surface area contributed by atoms with Gasteiger partial charge in [-0.15, -0.1) is 0 Å². The molecule has 0 unspecified atom stereocenters. The molecular weight excluding hydrogens is 506 g/mol. The van der Waals surface area contributed by atoms with Crippen molar-refractivity contribution in [2.75, 3.05) is 66.6 Å². The first-order valence-electron chi connectivity index (χ1n) is 12.2. The van der Waals surface area contributed by atoms with Crippen LogP contribution in [0.4, 0.5) is 28.7 Å². The van der Waals surface area contributed by atoms with E-state index in [4.69, 9.17) is 14.5 Å². The number of anilines is 5. The molecule has 3 N–H and O–H groups in total. The van der Waals surface area contributed by atoms with Crippen LogP contribution >= 0.6 is 0 Å². The molecule has 0 amide bonds. The summed E-state index contributed by atoms with van der Waals surface area (Å²) in [5.41, 5.74) is 4.48. The molecule has 1 fully saturated rings. The lowest BCUT2D eigenvalue weighted by molar-refractivity contribution is 0.122. The summed E-state index contributed by atoms with van der Waals surface area (Å²) < 4.78 is 36.6. The average molecular weight is 538 g/mol. The van der Waals surface area contributed by atoms with Crippen LogP contribution in [0.25, 0.3) is 11.0 Å². The molecule has 2 aromatic heterocycles. The summed E-state index contributed by atoms with van der Waals surface area (Å²) in [6.45, 7) is 3.44. The topological polar surface area (TPSA) is 125 Å². The van der Waals surface area contributed by atoms with Gasteiger partial charge in [0.05, 0.1) is 55.9 Å². The second kappa shape index (κ2) is 10.8. The number of sulfonamides is 1. The molecule has 0 radical (unpaired) electrons. The fourth-order valence-corrected chi connectivity index (χ4v) is 4.89. The van der Waals surface area contributed by atoms with Crippen LogP contribution in [-0.4, -0.2) is 70.1 Å². The third kappa shape index (κ3) is 5.46. The van der Waals surface area contributed by atoms with Crippen molar-refractivity contribution in [3.8, 4) is 5.75 Å². The Morgan fingerprint density at radius 3 is 2.66 bits per heavy atom. The minimum Gasteiger partial charge on any atom is -0.494 e. The summed E-state index contributed by atoms with van der Waals surface area (Å²) >= 11 is 0. The predicted molar refractivity (Wildman–Crippen MR) is 150 cm³/mol. The van der Waals surface area contributed by atoms with Crippen molar-refractivity contribution in [3.63, 3.8) is 0 Å².